The molecule has 0 aromatic carbocycles. The molecule has 1 N–H and O–H groups in total. The molecule has 7 heteroatoms. The summed E-state index contributed by atoms with van der Waals surface area (Å²) < 4.78 is 1.84. The lowest BCUT2D eigenvalue weighted by molar-refractivity contribution is 0.0957. The van der Waals surface area contributed by atoms with E-state index in [0.29, 0.717) is 11.3 Å². The Labute approximate surface area is 134 Å². The van der Waals surface area contributed by atoms with Gasteiger partial charge in [0.1, 0.15) is 17.6 Å². The largest absolute Gasteiger partial charge is 0.354 e. The van der Waals surface area contributed by atoms with E-state index in [4.69, 9.17) is 0 Å². The van der Waals surface area contributed by atoms with E-state index in [-0.39, 0.29) is 11.9 Å². The van der Waals surface area contributed by atoms with Gasteiger partial charge in [-0.1, -0.05) is 0 Å². The summed E-state index contributed by atoms with van der Waals surface area (Å²) in [6.45, 7) is 1.59. The number of nitrogens with one attached hydrogen (secondary N) is 1. The maximum atomic E-state index is 11.6. The van der Waals surface area contributed by atoms with Crippen LogP contribution in [0.3, 0.4) is 0 Å². The molecule has 0 spiro atoms. The van der Waals surface area contributed by atoms with Crippen LogP contribution in [0.1, 0.15) is 34.9 Å². The molecule has 7 nitrogen and oxygen atoms in total. The van der Waals surface area contributed by atoms with Gasteiger partial charge >= 0.3 is 0 Å². The topological polar surface area (TPSA) is 86.8 Å². The molecule has 0 radical (unpaired) electrons. The van der Waals surface area contributed by atoms with E-state index < -0.39 is 0 Å². The number of carbonyl (C=O) groups excluding carboxylic acids is 1. The maximum Gasteiger partial charge on any atom is 0.271 e. The van der Waals surface area contributed by atoms with E-state index in [1.807, 2.05) is 10.9 Å². The van der Waals surface area contributed by atoms with Gasteiger partial charge in [-0.2, -0.15) is 10.4 Å². The number of hydrogen-bond donors (Lipinski definition) is 1. The molecule has 1 aliphatic heterocycles. The number of nitriles is 1. The van der Waals surface area contributed by atoms with Crippen molar-refractivity contribution in [3.63, 3.8) is 0 Å². The van der Waals surface area contributed by atoms with Gasteiger partial charge in [-0.15, -0.1) is 0 Å². The van der Waals surface area contributed by atoms with E-state index >= 15 is 0 Å². The van der Waals surface area contributed by atoms with Gasteiger partial charge in [0.05, 0.1) is 11.6 Å². The molecule has 2 aromatic rings. The number of piperidine rings is 1. The smallest absolute Gasteiger partial charge is 0.271 e. The van der Waals surface area contributed by atoms with Crippen LogP contribution in [0.15, 0.2) is 30.6 Å². The van der Waals surface area contributed by atoms with Crippen LogP contribution in [0.25, 0.3) is 0 Å². The highest BCUT2D eigenvalue weighted by Crippen LogP contribution is 2.26. The Bertz CT molecular complexity index is 747. The Morgan fingerprint density at radius 3 is 3.13 bits per heavy atom. The molecule has 23 heavy (non-hydrogen) atoms. The first-order chi connectivity index (χ1) is 11.2. The molecule has 1 unspecified atom stereocenters. The van der Waals surface area contributed by atoms with Gasteiger partial charge in [-0.3, -0.25) is 9.48 Å². The van der Waals surface area contributed by atoms with Crippen LogP contribution in [0, 0.1) is 11.3 Å². The third kappa shape index (κ3) is 3.01. The van der Waals surface area contributed by atoms with Crippen molar-refractivity contribution in [2.75, 3.05) is 25.0 Å². The van der Waals surface area contributed by atoms with Crippen molar-refractivity contribution in [2.45, 2.75) is 18.9 Å². The van der Waals surface area contributed by atoms with Crippen molar-refractivity contribution in [3.05, 3.63) is 41.9 Å². The summed E-state index contributed by atoms with van der Waals surface area (Å²) in [5, 5.41) is 16.2. The lowest BCUT2D eigenvalue weighted by Crippen LogP contribution is -2.37. The lowest BCUT2D eigenvalue weighted by Gasteiger charge is -2.34. The molecule has 0 bridgehead atoms. The molecule has 1 atom stereocenters. The average Bonchev–Trinajstić information content (AvgIpc) is 3.11. The van der Waals surface area contributed by atoms with E-state index in [1.165, 1.54) is 0 Å². The molecule has 1 fully saturated rings. The Kier molecular flexibility index (Phi) is 4.24. The molecule has 0 aliphatic carbocycles. The minimum absolute atomic E-state index is 0.163. The zero-order valence-electron chi connectivity index (χ0n) is 12.9. The summed E-state index contributed by atoms with van der Waals surface area (Å²) in [6, 6.07) is 7.63. The first kappa shape index (κ1) is 15.0. The second-order valence-electron chi connectivity index (χ2n) is 5.49. The van der Waals surface area contributed by atoms with E-state index in [0.717, 1.165) is 31.7 Å². The van der Waals surface area contributed by atoms with E-state index in [1.54, 1.807) is 31.4 Å². The Hall–Kier alpha value is -2.88. The summed E-state index contributed by atoms with van der Waals surface area (Å²) in [7, 11) is 1.59. The zero-order valence-corrected chi connectivity index (χ0v) is 12.9. The zero-order chi connectivity index (χ0) is 16.2. The predicted octanol–water partition coefficient (Wildman–Crippen LogP) is 1.35. The molecular weight excluding hydrogens is 292 g/mol. The van der Waals surface area contributed by atoms with Gasteiger partial charge in [-0.05, 0) is 31.0 Å². The van der Waals surface area contributed by atoms with E-state index in [9.17, 15) is 10.1 Å². The lowest BCUT2D eigenvalue weighted by atomic mass is 10.1. The molecule has 3 rings (SSSR count). The highest BCUT2D eigenvalue weighted by Gasteiger charge is 2.24. The fraction of sp³-hybridized carbons (Fsp3) is 0.375. The van der Waals surface area contributed by atoms with Gasteiger partial charge in [-0.25, -0.2) is 4.98 Å². The number of hydrogen-bond acceptors (Lipinski definition) is 5. The molecule has 0 saturated carbocycles. The fourth-order valence-electron chi connectivity index (χ4n) is 2.89. The SMILES string of the molecule is CNC(=O)c1ccn(C2CCCN(c3ncccc3C#N)C2)n1. The third-order valence-electron chi connectivity index (χ3n) is 4.05. The number of anilines is 1. The van der Waals surface area contributed by atoms with Gasteiger partial charge in [0, 0.05) is 32.5 Å². The standard InChI is InChI=1S/C16H18N6O/c1-18-16(23)14-6-9-22(20-14)13-5-3-8-21(11-13)15-12(10-17)4-2-7-19-15/h2,4,6-7,9,13H,3,5,8,11H2,1H3,(H,18,23). The number of carbonyl (C=O) groups is 1. The van der Waals surface area contributed by atoms with Gasteiger partial charge in [0.15, 0.2) is 0 Å². The second kappa shape index (κ2) is 6.48. The van der Waals surface area contributed by atoms with Crippen molar-refractivity contribution in [1.82, 2.24) is 20.1 Å². The van der Waals surface area contributed by atoms with Crippen LogP contribution in [-0.4, -0.2) is 40.8 Å². The van der Waals surface area contributed by atoms with Gasteiger partial charge in [0.25, 0.3) is 5.91 Å². The fourth-order valence-corrected chi connectivity index (χ4v) is 2.89. The highest BCUT2D eigenvalue weighted by molar-refractivity contribution is 5.91. The monoisotopic (exact) mass is 310 g/mol. The average molecular weight is 310 g/mol. The number of pyridine rings is 1. The van der Waals surface area contributed by atoms with Crippen LogP contribution in [0.5, 0.6) is 0 Å². The van der Waals surface area contributed by atoms with Crippen LogP contribution in [-0.2, 0) is 0 Å². The normalized spacial score (nSPS) is 17.6. The number of aromatic nitrogens is 3. The van der Waals surface area contributed by atoms with E-state index in [2.05, 4.69) is 26.4 Å². The highest BCUT2D eigenvalue weighted by atomic mass is 16.1. The Morgan fingerprint density at radius 2 is 2.35 bits per heavy atom. The van der Waals surface area contributed by atoms with Crippen LogP contribution in [0.2, 0.25) is 0 Å². The molecule has 2 aromatic heterocycles. The molecule has 3 heterocycles. The number of rotatable bonds is 3. The Balaban J connectivity index is 1.80. The molecule has 1 amide bonds. The van der Waals surface area contributed by atoms with Crippen molar-refractivity contribution < 1.29 is 4.79 Å². The number of amides is 1. The van der Waals surface area contributed by atoms with Crippen LogP contribution in [0.4, 0.5) is 5.82 Å². The maximum absolute atomic E-state index is 11.6. The third-order valence-corrected chi connectivity index (χ3v) is 4.05. The molecular formula is C16H18N6O. The van der Waals surface area contributed by atoms with Crippen molar-refractivity contribution in [2.24, 2.45) is 0 Å². The molecule has 1 aliphatic rings. The quantitative estimate of drug-likeness (QED) is 0.924. The minimum Gasteiger partial charge on any atom is -0.354 e. The van der Waals surface area contributed by atoms with Crippen molar-refractivity contribution in [1.29, 1.82) is 5.26 Å². The predicted molar refractivity (Wildman–Crippen MR) is 85.1 cm³/mol. The second-order valence-corrected chi connectivity index (χ2v) is 5.49. The summed E-state index contributed by atoms with van der Waals surface area (Å²) >= 11 is 0. The number of nitrogens with zero attached hydrogens (tertiary/aromatic N) is 5. The van der Waals surface area contributed by atoms with Gasteiger partial charge < -0.3 is 10.2 Å². The minimum atomic E-state index is -0.187. The Morgan fingerprint density at radius 1 is 1.48 bits per heavy atom. The summed E-state index contributed by atoms with van der Waals surface area (Å²) in [4.78, 5) is 18.1. The summed E-state index contributed by atoms with van der Waals surface area (Å²) in [6.07, 6.45) is 5.51. The first-order valence-electron chi connectivity index (χ1n) is 7.60. The van der Waals surface area contributed by atoms with Crippen LogP contribution >= 0.6 is 0 Å². The molecule has 118 valence electrons. The van der Waals surface area contributed by atoms with Crippen molar-refractivity contribution >= 4 is 11.7 Å². The van der Waals surface area contributed by atoms with Gasteiger partial charge in [0.2, 0.25) is 0 Å². The van der Waals surface area contributed by atoms with Crippen LogP contribution < -0.4 is 10.2 Å². The summed E-state index contributed by atoms with van der Waals surface area (Å²) in [5.74, 6) is 0.534. The first-order valence-corrected chi connectivity index (χ1v) is 7.60. The molecule has 1 saturated heterocycles. The summed E-state index contributed by atoms with van der Waals surface area (Å²) in [5.41, 5.74) is 1.000. The van der Waals surface area contributed by atoms with Crippen molar-refractivity contribution in [3.8, 4) is 6.07 Å².